The van der Waals surface area contributed by atoms with Crippen molar-refractivity contribution in [2.24, 2.45) is 0 Å². The molecule has 126 valence electrons. The van der Waals surface area contributed by atoms with Gasteiger partial charge >= 0.3 is 0 Å². The number of amides is 2. The van der Waals surface area contributed by atoms with E-state index < -0.39 is 0 Å². The molecule has 2 amide bonds. The second-order valence-corrected chi connectivity index (χ2v) is 5.42. The zero-order valence-corrected chi connectivity index (χ0v) is 14.4. The van der Waals surface area contributed by atoms with E-state index in [1.54, 1.807) is 43.4 Å². The van der Waals surface area contributed by atoms with E-state index in [2.05, 4.69) is 10.6 Å². The monoisotopic (exact) mass is 326 g/mol. The number of nitrogens with one attached hydrogen (secondary N) is 2. The number of carbonyl (C=O) groups excluding carboxylic acids is 2. The average molecular weight is 326 g/mol. The predicted octanol–water partition coefficient (Wildman–Crippen LogP) is 3.31. The Morgan fingerprint density at radius 2 is 1.83 bits per heavy atom. The summed E-state index contributed by atoms with van der Waals surface area (Å²) in [7, 11) is 1.58. The Balaban J connectivity index is 2.24. The largest absolute Gasteiger partial charge is 0.494 e. The number of hydrogen-bond donors (Lipinski definition) is 2. The fourth-order valence-corrected chi connectivity index (χ4v) is 2.45. The summed E-state index contributed by atoms with van der Waals surface area (Å²) in [6, 6.07) is 10.6. The van der Waals surface area contributed by atoms with Crippen molar-refractivity contribution in [3.05, 3.63) is 58.7 Å². The number of anilines is 1. The number of aryl methyl sites for hydroxylation is 1. The SMILES string of the molecule is CCOc1ccc(C(=O)Nc2cccc(C(=O)NC)c2C)cc1C. The Kier molecular flexibility index (Phi) is 5.58. The van der Waals surface area contributed by atoms with E-state index in [1.165, 1.54) is 0 Å². The first-order valence-corrected chi connectivity index (χ1v) is 7.84. The molecule has 0 heterocycles. The van der Waals surface area contributed by atoms with Gasteiger partial charge in [-0.2, -0.15) is 0 Å². The molecule has 0 fully saturated rings. The van der Waals surface area contributed by atoms with Gasteiger partial charge in [-0.15, -0.1) is 0 Å². The summed E-state index contributed by atoms with van der Waals surface area (Å²) in [6.45, 7) is 6.21. The highest BCUT2D eigenvalue weighted by atomic mass is 16.5. The molecule has 0 spiro atoms. The first kappa shape index (κ1) is 17.5. The molecule has 0 saturated heterocycles. The van der Waals surface area contributed by atoms with Gasteiger partial charge in [-0.1, -0.05) is 6.07 Å². The lowest BCUT2D eigenvalue weighted by Crippen LogP contribution is -2.20. The summed E-state index contributed by atoms with van der Waals surface area (Å²) in [5, 5.41) is 5.46. The molecule has 24 heavy (non-hydrogen) atoms. The van der Waals surface area contributed by atoms with Crippen molar-refractivity contribution in [3.8, 4) is 5.75 Å². The zero-order valence-electron chi connectivity index (χ0n) is 14.4. The summed E-state index contributed by atoms with van der Waals surface area (Å²) in [4.78, 5) is 24.3. The first-order chi connectivity index (χ1) is 11.5. The molecule has 2 aromatic carbocycles. The van der Waals surface area contributed by atoms with E-state index >= 15 is 0 Å². The van der Waals surface area contributed by atoms with E-state index in [0.29, 0.717) is 23.4 Å². The van der Waals surface area contributed by atoms with Gasteiger partial charge in [-0.05, 0) is 62.2 Å². The maximum atomic E-state index is 12.5. The number of rotatable bonds is 5. The van der Waals surface area contributed by atoms with Gasteiger partial charge in [0.25, 0.3) is 11.8 Å². The molecule has 0 aliphatic heterocycles. The third-order valence-corrected chi connectivity index (χ3v) is 3.79. The molecule has 5 nitrogen and oxygen atoms in total. The minimum atomic E-state index is -0.224. The molecule has 0 saturated carbocycles. The topological polar surface area (TPSA) is 67.4 Å². The van der Waals surface area contributed by atoms with Crippen LogP contribution in [0.2, 0.25) is 0 Å². The maximum absolute atomic E-state index is 12.5. The van der Waals surface area contributed by atoms with E-state index in [4.69, 9.17) is 4.74 Å². The Bertz CT molecular complexity index is 769. The maximum Gasteiger partial charge on any atom is 0.255 e. The number of ether oxygens (including phenoxy) is 1. The van der Waals surface area contributed by atoms with Gasteiger partial charge in [0.15, 0.2) is 0 Å². The van der Waals surface area contributed by atoms with Crippen LogP contribution in [-0.4, -0.2) is 25.5 Å². The minimum absolute atomic E-state index is 0.180. The van der Waals surface area contributed by atoms with Crippen molar-refractivity contribution < 1.29 is 14.3 Å². The Hall–Kier alpha value is -2.82. The van der Waals surface area contributed by atoms with Crippen LogP contribution in [0.5, 0.6) is 5.75 Å². The van der Waals surface area contributed by atoms with E-state index in [0.717, 1.165) is 16.9 Å². The quantitative estimate of drug-likeness (QED) is 0.886. The molecule has 2 rings (SSSR count). The molecule has 5 heteroatoms. The lowest BCUT2D eigenvalue weighted by Gasteiger charge is -2.13. The predicted molar refractivity (Wildman–Crippen MR) is 94.9 cm³/mol. The normalized spacial score (nSPS) is 10.2. The van der Waals surface area contributed by atoms with Crippen molar-refractivity contribution in [1.82, 2.24) is 5.32 Å². The molecule has 0 aliphatic carbocycles. The molecular weight excluding hydrogens is 304 g/mol. The van der Waals surface area contributed by atoms with Crippen molar-refractivity contribution in [2.45, 2.75) is 20.8 Å². The second-order valence-electron chi connectivity index (χ2n) is 5.42. The lowest BCUT2D eigenvalue weighted by molar-refractivity contribution is 0.0960. The van der Waals surface area contributed by atoms with Crippen molar-refractivity contribution in [2.75, 3.05) is 19.0 Å². The van der Waals surface area contributed by atoms with Crippen molar-refractivity contribution in [3.63, 3.8) is 0 Å². The summed E-state index contributed by atoms with van der Waals surface area (Å²) in [6.07, 6.45) is 0. The highest BCUT2D eigenvalue weighted by Gasteiger charge is 2.13. The van der Waals surface area contributed by atoms with Crippen LogP contribution in [-0.2, 0) is 0 Å². The van der Waals surface area contributed by atoms with Gasteiger partial charge in [0.2, 0.25) is 0 Å². The third-order valence-electron chi connectivity index (χ3n) is 3.79. The first-order valence-electron chi connectivity index (χ1n) is 7.84. The third kappa shape index (κ3) is 3.74. The van der Waals surface area contributed by atoms with Gasteiger partial charge in [-0.3, -0.25) is 9.59 Å². The van der Waals surface area contributed by atoms with Crippen LogP contribution in [0.25, 0.3) is 0 Å². The minimum Gasteiger partial charge on any atom is -0.494 e. The molecule has 0 atom stereocenters. The summed E-state index contributed by atoms with van der Waals surface area (Å²) in [5.74, 6) is 0.366. The van der Waals surface area contributed by atoms with Gasteiger partial charge in [0.1, 0.15) is 5.75 Å². The average Bonchev–Trinajstić information content (AvgIpc) is 2.58. The molecule has 0 bridgehead atoms. The van der Waals surface area contributed by atoms with E-state index in [1.807, 2.05) is 20.8 Å². The fraction of sp³-hybridized carbons (Fsp3) is 0.263. The molecule has 0 aliphatic rings. The number of benzene rings is 2. The number of hydrogen-bond acceptors (Lipinski definition) is 3. The van der Waals surface area contributed by atoms with Gasteiger partial charge in [0.05, 0.1) is 6.61 Å². The highest BCUT2D eigenvalue weighted by Crippen LogP contribution is 2.22. The van der Waals surface area contributed by atoms with Crippen LogP contribution in [0.3, 0.4) is 0 Å². The van der Waals surface area contributed by atoms with Gasteiger partial charge in [-0.25, -0.2) is 0 Å². The molecule has 0 unspecified atom stereocenters. The number of carbonyl (C=O) groups is 2. The zero-order chi connectivity index (χ0) is 17.7. The second kappa shape index (κ2) is 7.64. The van der Waals surface area contributed by atoms with Crippen LogP contribution in [0, 0.1) is 13.8 Å². The van der Waals surface area contributed by atoms with E-state index in [9.17, 15) is 9.59 Å². The summed E-state index contributed by atoms with van der Waals surface area (Å²) >= 11 is 0. The summed E-state index contributed by atoms with van der Waals surface area (Å²) in [5.41, 5.74) is 3.33. The Morgan fingerprint density at radius 1 is 1.08 bits per heavy atom. The van der Waals surface area contributed by atoms with Crippen molar-refractivity contribution >= 4 is 17.5 Å². The lowest BCUT2D eigenvalue weighted by atomic mass is 10.1. The molecule has 2 N–H and O–H groups in total. The van der Waals surface area contributed by atoms with Crippen LogP contribution < -0.4 is 15.4 Å². The Morgan fingerprint density at radius 3 is 2.46 bits per heavy atom. The van der Waals surface area contributed by atoms with Crippen LogP contribution >= 0.6 is 0 Å². The van der Waals surface area contributed by atoms with Crippen LogP contribution in [0.4, 0.5) is 5.69 Å². The van der Waals surface area contributed by atoms with Gasteiger partial charge < -0.3 is 15.4 Å². The highest BCUT2D eigenvalue weighted by molar-refractivity contribution is 6.06. The fourth-order valence-electron chi connectivity index (χ4n) is 2.45. The standard InChI is InChI=1S/C19H22N2O3/c1-5-24-17-10-9-14(11-12(17)2)18(22)21-16-8-6-7-15(13(16)3)19(23)20-4/h6-11H,5H2,1-4H3,(H,20,23)(H,21,22). The van der Waals surface area contributed by atoms with Crippen LogP contribution in [0.15, 0.2) is 36.4 Å². The molecule has 0 aromatic heterocycles. The molecule has 0 radical (unpaired) electrons. The molecular formula is C19H22N2O3. The smallest absolute Gasteiger partial charge is 0.255 e. The van der Waals surface area contributed by atoms with Gasteiger partial charge in [0, 0.05) is 23.9 Å². The summed E-state index contributed by atoms with van der Waals surface area (Å²) < 4.78 is 5.49. The van der Waals surface area contributed by atoms with Crippen LogP contribution in [0.1, 0.15) is 38.8 Å². The van der Waals surface area contributed by atoms with Crippen molar-refractivity contribution in [1.29, 1.82) is 0 Å². The molecule has 2 aromatic rings. The Labute approximate surface area is 142 Å². The van der Waals surface area contributed by atoms with E-state index in [-0.39, 0.29) is 11.8 Å².